The summed E-state index contributed by atoms with van der Waals surface area (Å²) in [5, 5.41) is 6.69. The molecule has 1 aliphatic rings. The van der Waals surface area contributed by atoms with Crippen LogP contribution in [0.25, 0.3) is 0 Å². The van der Waals surface area contributed by atoms with E-state index in [0.717, 1.165) is 42.5 Å². The molecule has 0 saturated carbocycles. The fourth-order valence-corrected chi connectivity index (χ4v) is 2.41. The highest BCUT2D eigenvalue weighted by molar-refractivity contribution is 14.0. The fourth-order valence-electron chi connectivity index (χ4n) is 2.41. The lowest BCUT2D eigenvalue weighted by molar-refractivity contribution is 0.174. The van der Waals surface area contributed by atoms with E-state index in [9.17, 15) is 0 Å². The van der Waals surface area contributed by atoms with Gasteiger partial charge in [-0.3, -0.25) is 4.99 Å². The number of ether oxygens (including phenoxy) is 2. The number of halogens is 1. The molecule has 1 heterocycles. The van der Waals surface area contributed by atoms with Gasteiger partial charge in [-0.15, -0.1) is 24.0 Å². The first-order valence-electron chi connectivity index (χ1n) is 8.63. The molecule has 0 radical (unpaired) electrons. The van der Waals surface area contributed by atoms with Gasteiger partial charge in [0.15, 0.2) is 17.5 Å². The molecule has 0 unspecified atom stereocenters. The van der Waals surface area contributed by atoms with Gasteiger partial charge in [-0.25, -0.2) is 0 Å². The molecule has 6 nitrogen and oxygen atoms in total. The van der Waals surface area contributed by atoms with E-state index in [1.54, 1.807) is 7.05 Å². The van der Waals surface area contributed by atoms with E-state index in [1.165, 1.54) is 6.42 Å². The van der Waals surface area contributed by atoms with Crippen LogP contribution in [0.15, 0.2) is 23.2 Å². The number of fused-ring (bicyclic) bond motifs is 1. The van der Waals surface area contributed by atoms with E-state index >= 15 is 0 Å². The first-order valence-corrected chi connectivity index (χ1v) is 8.63. The number of unbranched alkanes of at least 4 members (excludes halogenated alkanes) is 1. The predicted octanol–water partition coefficient (Wildman–Crippen LogP) is 2.82. The standard InChI is InChI=1S/C18H30N4O2.HI/c1-14(2)22(4)10-6-5-9-20-18(19-3)21-12-15-7-8-16-17(11-15)24-13-23-16;/h7-8,11,14H,5-6,9-10,12-13H2,1-4H3,(H2,19,20,21);1H. The Kier molecular flexibility index (Phi) is 9.96. The van der Waals surface area contributed by atoms with Crippen LogP contribution in [0.2, 0.25) is 0 Å². The summed E-state index contributed by atoms with van der Waals surface area (Å²) in [4.78, 5) is 6.63. The van der Waals surface area contributed by atoms with Gasteiger partial charge in [-0.1, -0.05) is 6.07 Å². The zero-order valence-electron chi connectivity index (χ0n) is 15.7. The maximum absolute atomic E-state index is 5.40. The van der Waals surface area contributed by atoms with Crippen LogP contribution in [0.4, 0.5) is 0 Å². The maximum Gasteiger partial charge on any atom is 0.231 e. The van der Waals surface area contributed by atoms with Crippen LogP contribution in [0.3, 0.4) is 0 Å². The van der Waals surface area contributed by atoms with Crippen molar-refractivity contribution in [3.05, 3.63) is 23.8 Å². The van der Waals surface area contributed by atoms with Crippen LogP contribution in [0, 0.1) is 0 Å². The number of rotatable bonds is 8. The summed E-state index contributed by atoms with van der Waals surface area (Å²) in [6.45, 7) is 7.50. The number of benzene rings is 1. The minimum Gasteiger partial charge on any atom is -0.454 e. The number of hydrogen-bond acceptors (Lipinski definition) is 4. The van der Waals surface area contributed by atoms with Crippen molar-refractivity contribution >= 4 is 29.9 Å². The molecule has 25 heavy (non-hydrogen) atoms. The molecule has 2 N–H and O–H groups in total. The third-order valence-electron chi connectivity index (χ3n) is 4.23. The second kappa shape index (κ2) is 11.4. The van der Waals surface area contributed by atoms with Gasteiger partial charge in [0.2, 0.25) is 6.79 Å². The molecule has 0 spiro atoms. The largest absolute Gasteiger partial charge is 0.454 e. The zero-order valence-corrected chi connectivity index (χ0v) is 18.0. The van der Waals surface area contributed by atoms with Crippen LogP contribution in [-0.2, 0) is 6.54 Å². The Bertz CT molecular complexity index is 552. The average molecular weight is 462 g/mol. The molecule has 0 fully saturated rings. The number of aliphatic imine (C=N–C) groups is 1. The van der Waals surface area contributed by atoms with Crippen LogP contribution >= 0.6 is 24.0 Å². The minimum atomic E-state index is 0. The molecule has 0 aliphatic carbocycles. The van der Waals surface area contributed by atoms with Crippen LogP contribution in [0.5, 0.6) is 11.5 Å². The van der Waals surface area contributed by atoms with Crippen LogP contribution in [-0.4, -0.2) is 50.9 Å². The Balaban J connectivity index is 0.00000312. The molecular formula is C18H31IN4O2. The SMILES string of the molecule is CN=C(NCCCCN(C)C(C)C)NCc1ccc2c(c1)OCO2.I. The normalized spacial score (nSPS) is 13.1. The summed E-state index contributed by atoms with van der Waals surface area (Å²) in [7, 11) is 3.96. The quantitative estimate of drug-likeness (QED) is 0.269. The molecule has 1 aromatic carbocycles. The van der Waals surface area contributed by atoms with Gasteiger partial charge in [-0.05, 0) is 58.0 Å². The smallest absolute Gasteiger partial charge is 0.231 e. The van der Waals surface area contributed by atoms with E-state index < -0.39 is 0 Å². The van der Waals surface area contributed by atoms with E-state index in [0.29, 0.717) is 19.4 Å². The Labute approximate surface area is 168 Å². The lowest BCUT2D eigenvalue weighted by Gasteiger charge is -2.20. The molecule has 0 atom stereocenters. The van der Waals surface area contributed by atoms with Crippen molar-refractivity contribution in [1.82, 2.24) is 15.5 Å². The van der Waals surface area contributed by atoms with E-state index in [2.05, 4.69) is 41.4 Å². The second-order valence-corrected chi connectivity index (χ2v) is 6.32. The van der Waals surface area contributed by atoms with Gasteiger partial charge in [0.1, 0.15) is 0 Å². The zero-order chi connectivity index (χ0) is 17.4. The van der Waals surface area contributed by atoms with Gasteiger partial charge in [0, 0.05) is 26.2 Å². The lowest BCUT2D eigenvalue weighted by Crippen LogP contribution is -2.37. The third kappa shape index (κ3) is 7.27. The van der Waals surface area contributed by atoms with Crippen LogP contribution < -0.4 is 20.1 Å². The van der Waals surface area contributed by atoms with Crippen molar-refractivity contribution in [3.63, 3.8) is 0 Å². The van der Waals surface area contributed by atoms with Crippen molar-refractivity contribution in [2.45, 2.75) is 39.3 Å². The third-order valence-corrected chi connectivity index (χ3v) is 4.23. The highest BCUT2D eigenvalue weighted by Gasteiger charge is 2.13. The number of guanidine groups is 1. The van der Waals surface area contributed by atoms with Crippen LogP contribution in [0.1, 0.15) is 32.3 Å². The summed E-state index contributed by atoms with van der Waals surface area (Å²) in [6, 6.07) is 6.59. The van der Waals surface area contributed by atoms with Crippen molar-refractivity contribution in [1.29, 1.82) is 0 Å². The molecule has 142 valence electrons. The molecule has 0 aromatic heterocycles. The Morgan fingerprint density at radius 1 is 1.20 bits per heavy atom. The molecule has 1 aromatic rings. The first-order chi connectivity index (χ1) is 11.6. The Morgan fingerprint density at radius 3 is 2.68 bits per heavy atom. The summed E-state index contributed by atoms with van der Waals surface area (Å²) in [6.07, 6.45) is 2.31. The molecule has 0 amide bonds. The Morgan fingerprint density at radius 2 is 1.96 bits per heavy atom. The van der Waals surface area contributed by atoms with Crippen molar-refractivity contribution in [2.75, 3.05) is 34.0 Å². The molecular weight excluding hydrogens is 431 g/mol. The molecule has 7 heteroatoms. The summed E-state index contributed by atoms with van der Waals surface area (Å²) in [5.74, 6) is 2.45. The van der Waals surface area contributed by atoms with Gasteiger partial charge < -0.3 is 25.0 Å². The highest BCUT2D eigenvalue weighted by atomic mass is 127. The van der Waals surface area contributed by atoms with Gasteiger partial charge in [0.25, 0.3) is 0 Å². The van der Waals surface area contributed by atoms with Gasteiger partial charge in [-0.2, -0.15) is 0 Å². The van der Waals surface area contributed by atoms with E-state index in [-0.39, 0.29) is 24.0 Å². The first kappa shape index (κ1) is 21.8. The number of nitrogens with zero attached hydrogens (tertiary/aromatic N) is 2. The highest BCUT2D eigenvalue weighted by Crippen LogP contribution is 2.32. The lowest BCUT2D eigenvalue weighted by atomic mass is 10.2. The average Bonchev–Trinajstić information content (AvgIpc) is 3.04. The second-order valence-electron chi connectivity index (χ2n) is 6.32. The number of hydrogen-bond donors (Lipinski definition) is 2. The monoisotopic (exact) mass is 462 g/mol. The minimum absolute atomic E-state index is 0. The topological polar surface area (TPSA) is 58.1 Å². The summed E-state index contributed by atoms with van der Waals surface area (Å²) >= 11 is 0. The fraction of sp³-hybridized carbons (Fsp3) is 0.611. The molecule has 1 aliphatic heterocycles. The van der Waals surface area contributed by atoms with Gasteiger partial charge in [0.05, 0.1) is 0 Å². The molecule has 2 rings (SSSR count). The van der Waals surface area contributed by atoms with Gasteiger partial charge >= 0.3 is 0 Å². The van der Waals surface area contributed by atoms with Crippen molar-refractivity contribution in [2.24, 2.45) is 4.99 Å². The molecule has 0 bridgehead atoms. The molecule has 0 saturated heterocycles. The number of nitrogens with one attached hydrogen (secondary N) is 2. The maximum atomic E-state index is 5.40. The van der Waals surface area contributed by atoms with Crippen molar-refractivity contribution < 1.29 is 9.47 Å². The van der Waals surface area contributed by atoms with Crippen molar-refractivity contribution in [3.8, 4) is 11.5 Å². The van der Waals surface area contributed by atoms with E-state index in [1.807, 2.05) is 18.2 Å². The summed E-state index contributed by atoms with van der Waals surface area (Å²) in [5.41, 5.74) is 1.14. The summed E-state index contributed by atoms with van der Waals surface area (Å²) < 4.78 is 10.7. The predicted molar refractivity (Wildman–Crippen MR) is 113 cm³/mol. The van der Waals surface area contributed by atoms with E-state index in [4.69, 9.17) is 9.47 Å². The Hall–Kier alpha value is -1.22.